The van der Waals surface area contributed by atoms with E-state index in [9.17, 15) is 0 Å². The first kappa shape index (κ1) is 8.79. The molecule has 0 bridgehead atoms. The van der Waals surface area contributed by atoms with Crippen molar-refractivity contribution in [3.63, 3.8) is 0 Å². The van der Waals surface area contributed by atoms with Crippen LogP contribution in [-0.4, -0.2) is 12.0 Å². The number of alkyl halides is 1. The molecule has 1 fully saturated rings. The molecule has 0 radical (unpaired) electrons. The van der Waals surface area contributed by atoms with Gasteiger partial charge in [-0.25, -0.2) is 0 Å². The van der Waals surface area contributed by atoms with Gasteiger partial charge in [-0.3, -0.25) is 0 Å². The molecule has 0 amide bonds. The molecule has 0 aliphatic carbocycles. The van der Waals surface area contributed by atoms with Crippen molar-refractivity contribution in [1.82, 2.24) is 0 Å². The Morgan fingerprint density at radius 3 is 2.20 bits per heavy atom. The molecule has 1 rings (SSSR count). The molecule has 0 aromatic carbocycles. The molecule has 0 aromatic rings. The minimum absolute atomic E-state index is 0.526. The maximum Gasteiger partial charge on any atom is 0.0661 e. The van der Waals surface area contributed by atoms with Crippen molar-refractivity contribution in [3.05, 3.63) is 0 Å². The van der Waals surface area contributed by atoms with Gasteiger partial charge in [-0.1, -0.05) is 54.8 Å². The minimum atomic E-state index is -0.901. The molecule has 0 nitrogen and oxygen atoms in total. The van der Waals surface area contributed by atoms with Gasteiger partial charge in [0.15, 0.2) is 0 Å². The molecule has 1 aliphatic rings. The van der Waals surface area contributed by atoms with Gasteiger partial charge in [0.05, 0.1) is 8.07 Å². The van der Waals surface area contributed by atoms with Crippen LogP contribution in [0.15, 0.2) is 0 Å². The van der Waals surface area contributed by atoms with Gasteiger partial charge >= 0.3 is 0 Å². The topological polar surface area (TPSA) is 0 Å². The first-order chi connectivity index (χ1) is 4.46. The van der Waals surface area contributed by atoms with Gasteiger partial charge < -0.3 is 0 Å². The summed E-state index contributed by atoms with van der Waals surface area (Å²) >= 11 is 3.88. The van der Waals surface area contributed by atoms with E-state index in [2.05, 4.69) is 35.9 Å². The molecule has 1 heterocycles. The summed E-state index contributed by atoms with van der Waals surface area (Å²) in [4.78, 5) is 0. The monoisotopic (exact) mass is 220 g/mol. The maximum atomic E-state index is 3.88. The van der Waals surface area contributed by atoms with Crippen molar-refractivity contribution in [1.29, 1.82) is 0 Å². The summed E-state index contributed by atoms with van der Waals surface area (Å²) in [5.41, 5.74) is 0. The largest absolute Gasteiger partial charge is 0.0892 e. The second-order valence-electron chi connectivity index (χ2n) is 4.29. The molecule has 0 saturated carbocycles. The van der Waals surface area contributed by atoms with Gasteiger partial charge in [0, 0.05) is 3.95 Å². The summed E-state index contributed by atoms with van der Waals surface area (Å²) in [6, 6.07) is 1.51. The Morgan fingerprint density at radius 1 is 1.30 bits per heavy atom. The Hall–Kier alpha value is 0.697. The molecule has 1 aliphatic heterocycles. The fourth-order valence-electron chi connectivity index (χ4n) is 1.62. The maximum absolute atomic E-state index is 3.88. The van der Waals surface area contributed by atoms with E-state index < -0.39 is 8.07 Å². The van der Waals surface area contributed by atoms with Crippen molar-refractivity contribution in [3.8, 4) is 0 Å². The highest BCUT2D eigenvalue weighted by atomic mass is 79.9. The van der Waals surface area contributed by atoms with Gasteiger partial charge in [-0.15, -0.1) is 0 Å². The highest BCUT2D eigenvalue weighted by molar-refractivity contribution is 9.10. The molecule has 1 atom stereocenters. The summed E-state index contributed by atoms with van der Waals surface area (Å²) in [6.45, 7) is 7.39. The summed E-state index contributed by atoms with van der Waals surface area (Å²) in [7, 11) is -0.901. The van der Waals surface area contributed by atoms with Gasteiger partial charge in [0.25, 0.3) is 0 Å². The van der Waals surface area contributed by atoms with E-state index in [1.54, 1.807) is 0 Å². The molecular weight excluding hydrogens is 204 g/mol. The summed E-state index contributed by atoms with van der Waals surface area (Å²) < 4.78 is 0.526. The van der Waals surface area contributed by atoms with Crippen LogP contribution in [0.4, 0.5) is 0 Å². The van der Waals surface area contributed by atoms with Crippen LogP contribution >= 0.6 is 15.9 Å². The fraction of sp³-hybridized carbons (Fsp3) is 1.00. The Balaban J connectivity index is 2.70. The standard InChI is InChI=1S/C8H17BrSi/c1-8(9)6-4-5-7-10(8,2)3/h4-7H2,1-3H3. The van der Waals surface area contributed by atoms with E-state index in [0.717, 1.165) is 0 Å². The van der Waals surface area contributed by atoms with Crippen LogP contribution < -0.4 is 0 Å². The van der Waals surface area contributed by atoms with Gasteiger partial charge in [0.2, 0.25) is 0 Å². The van der Waals surface area contributed by atoms with Crippen molar-refractivity contribution in [2.24, 2.45) is 0 Å². The Kier molecular flexibility index (Phi) is 2.31. The zero-order valence-corrected chi connectivity index (χ0v) is 9.79. The van der Waals surface area contributed by atoms with Gasteiger partial charge in [-0.05, 0) is 6.42 Å². The van der Waals surface area contributed by atoms with Crippen molar-refractivity contribution < 1.29 is 0 Å². The third-order valence-corrected chi connectivity index (χ3v) is 11.4. The van der Waals surface area contributed by atoms with Crippen molar-refractivity contribution >= 4 is 24.0 Å². The van der Waals surface area contributed by atoms with Crippen LogP contribution in [0, 0.1) is 0 Å². The molecule has 0 N–H and O–H groups in total. The van der Waals surface area contributed by atoms with E-state index in [4.69, 9.17) is 0 Å². The number of rotatable bonds is 0. The summed E-state index contributed by atoms with van der Waals surface area (Å²) in [5, 5.41) is 0. The molecule has 1 saturated heterocycles. The lowest BCUT2D eigenvalue weighted by Crippen LogP contribution is -2.49. The summed E-state index contributed by atoms with van der Waals surface area (Å²) in [6.07, 6.45) is 4.30. The van der Waals surface area contributed by atoms with Crippen LogP contribution in [0.5, 0.6) is 0 Å². The van der Waals surface area contributed by atoms with Crippen molar-refractivity contribution in [2.75, 3.05) is 0 Å². The molecular formula is C8H17BrSi. The molecule has 0 aromatic heterocycles. The van der Waals surface area contributed by atoms with Crippen LogP contribution in [0.3, 0.4) is 0 Å². The number of halogens is 1. The third-order valence-electron chi connectivity index (χ3n) is 3.11. The second-order valence-corrected chi connectivity index (χ2v) is 12.1. The third kappa shape index (κ3) is 1.47. The smallest absolute Gasteiger partial charge is 0.0661 e. The Bertz CT molecular complexity index is 113. The highest BCUT2D eigenvalue weighted by Gasteiger charge is 2.42. The molecule has 10 heavy (non-hydrogen) atoms. The summed E-state index contributed by atoms with van der Waals surface area (Å²) in [5.74, 6) is 0. The average Bonchev–Trinajstić information content (AvgIpc) is 1.77. The normalized spacial score (nSPS) is 39.6. The first-order valence-electron chi connectivity index (χ1n) is 4.15. The van der Waals surface area contributed by atoms with E-state index in [1.807, 2.05) is 0 Å². The predicted octanol–water partition coefficient (Wildman–Crippen LogP) is 3.57. The van der Waals surface area contributed by atoms with E-state index in [0.29, 0.717) is 3.95 Å². The van der Waals surface area contributed by atoms with Gasteiger partial charge in [-0.2, -0.15) is 0 Å². The highest BCUT2D eigenvalue weighted by Crippen LogP contribution is 2.42. The second kappa shape index (κ2) is 2.63. The van der Waals surface area contributed by atoms with Crippen molar-refractivity contribution in [2.45, 2.75) is 49.3 Å². The van der Waals surface area contributed by atoms with E-state index in [-0.39, 0.29) is 0 Å². The SMILES string of the molecule is CC1(Br)CCCC[Si]1(C)C. The van der Waals surface area contributed by atoms with Gasteiger partial charge in [0.1, 0.15) is 0 Å². The lowest BCUT2D eigenvalue weighted by atomic mass is 10.2. The number of hydrogen-bond acceptors (Lipinski definition) is 0. The van der Waals surface area contributed by atoms with E-state index >= 15 is 0 Å². The minimum Gasteiger partial charge on any atom is -0.0892 e. The Labute approximate surface area is 73.5 Å². The molecule has 1 unspecified atom stereocenters. The lowest BCUT2D eigenvalue weighted by Gasteiger charge is -2.42. The van der Waals surface area contributed by atoms with Crippen LogP contribution in [0.25, 0.3) is 0 Å². The zero-order chi connectivity index (χ0) is 7.83. The van der Waals surface area contributed by atoms with Crippen LogP contribution in [0.1, 0.15) is 26.2 Å². The first-order valence-corrected chi connectivity index (χ1v) is 8.15. The Morgan fingerprint density at radius 2 is 1.90 bits per heavy atom. The fourth-order valence-corrected chi connectivity index (χ4v) is 5.01. The van der Waals surface area contributed by atoms with E-state index in [1.165, 1.54) is 25.3 Å². The molecule has 60 valence electrons. The van der Waals surface area contributed by atoms with Crippen LogP contribution in [0.2, 0.25) is 19.1 Å². The zero-order valence-electron chi connectivity index (χ0n) is 7.21. The van der Waals surface area contributed by atoms with Crippen LogP contribution in [-0.2, 0) is 0 Å². The lowest BCUT2D eigenvalue weighted by molar-refractivity contribution is 0.619. The average molecular weight is 221 g/mol. The predicted molar refractivity (Wildman–Crippen MR) is 53.5 cm³/mol. The molecule has 2 heteroatoms. The number of hydrogen-bond donors (Lipinski definition) is 0. The molecule has 0 spiro atoms. The quantitative estimate of drug-likeness (QED) is 0.433.